The fraction of sp³-hybridized carbons (Fsp3) is 0.130. The molecule has 0 aliphatic rings. The van der Waals surface area contributed by atoms with Gasteiger partial charge in [0.1, 0.15) is 5.82 Å². The second-order valence-electron chi connectivity index (χ2n) is 7.11. The van der Waals surface area contributed by atoms with E-state index >= 15 is 0 Å². The molecule has 4 aromatic rings. The number of para-hydroxylation sites is 1. The number of sulfonamides is 1. The standard InChI is InChI=1S/C23H20BrN3O3S/c1-16(26(2)31(29,30)19-8-4-3-5-9-19)22-25-21-11-7-6-10-20(21)23(28)27(22)18-14-12-17(24)13-15-18/h3-16H,1-2H3. The summed E-state index contributed by atoms with van der Waals surface area (Å²) in [6.07, 6.45) is 0. The summed E-state index contributed by atoms with van der Waals surface area (Å²) in [7, 11) is -2.29. The summed E-state index contributed by atoms with van der Waals surface area (Å²) in [6.45, 7) is 1.73. The van der Waals surface area contributed by atoms with Gasteiger partial charge in [0.2, 0.25) is 10.0 Å². The molecule has 0 N–H and O–H groups in total. The molecule has 0 aliphatic carbocycles. The van der Waals surface area contributed by atoms with E-state index in [2.05, 4.69) is 15.9 Å². The molecule has 0 fully saturated rings. The van der Waals surface area contributed by atoms with E-state index in [0.29, 0.717) is 22.4 Å². The first-order valence-electron chi connectivity index (χ1n) is 9.61. The largest absolute Gasteiger partial charge is 0.268 e. The number of hydrogen-bond acceptors (Lipinski definition) is 4. The lowest BCUT2D eigenvalue weighted by atomic mass is 10.2. The van der Waals surface area contributed by atoms with Crippen LogP contribution in [-0.4, -0.2) is 29.3 Å². The number of fused-ring (bicyclic) bond motifs is 1. The molecule has 1 unspecified atom stereocenters. The van der Waals surface area contributed by atoms with Crippen molar-refractivity contribution < 1.29 is 8.42 Å². The summed E-state index contributed by atoms with van der Waals surface area (Å²) in [5, 5.41) is 0.468. The average molecular weight is 498 g/mol. The van der Waals surface area contributed by atoms with Gasteiger partial charge in [-0.25, -0.2) is 13.4 Å². The van der Waals surface area contributed by atoms with Crippen molar-refractivity contribution in [3.05, 3.63) is 99.5 Å². The highest BCUT2D eigenvalue weighted by molar-refractivity contribution is 9.10. The Balaban J connectivity index is 1.93. The molecule has 0 aliphatic heterocycles. The topological polar surface area (TPSA) is 72.3 Å². The van der Waals surface area contributed by atoms with Crippen LogP contribution in [0.1, 0.15) is 18.8 Å². The first kappa shape index (κ1) is 21.4. The summed E-state index contributed by atoms with van der Waals surface area (Å²) in [5.74, 6) is 0.341. The molecule has 0 saturated carbocycles. The van der Waals surface area contributed by atoms with Crippen LogP contribution in [0.25, 0.3) is 16.6 Å². The third kappa shape index (κ3) is 3.94. The molecule has 31 heavy (non-hydrogen) atoms. The zero-order valence-electron chi connectivity index (χ0n) is 16.9. The van der Waals surface area contributed by atoms with Crippen molar-refractivity contribution in [3.63, 3.8) is 0 Å². The summed E-state index contributed by atoms with van der Waals surface area (Å²) in [5.41, 5.74) is 0.882. The van der Waals surface area contributed by atoms with Crippen LogP contribution in [0.5, 0.6) is 0 Å². The van der Waals surface area contributed by atoms with Gasteiger partial charge >= 0.3 is 0 Å². The molecule has 1 aromatic heterocycles. The van der Waals surface area contributed by atoms with Crippen LogP contribution in [-0.2, 0) is 10.0 Å². The van der Waals surface area contributed by atoms with Gasteiger partial charge in [-0.3, -0.25) is 9.36 Å². The zero-order chi connectivity index (χ0) is 22.2. The molecule has 8 heteroatoms. The molecule has 3 aromatic carbocycles. The number of hydrogen-bond donors (Lipinski definition) is 0. The molecule has 158 valence electrons. The highest BCUT2D eigenvalue weighted by Gasteiger charge is 2.29. The Morgan fingerprint density at radius 3 is 2.23 bits per heavy atom. The highest BCUT2D eigenvalue weighted by Crippen LogP contribution is 2.27. The van der Waals surface area contributed by atoms with E-state index in [1.807, 2.05) is 12.1 Å². The lowest BCUT2D eigenvalue weighted by Gasteiger charge is -2.26. The molecule has 0 radical (unpaired) electrons. The number of rotatable bonds is 5. The molecule has 6 nitrogen and oxygen atoms in total. The molecule has 4 rings (SSSR count). The smallest absolute Gasteiger partial charge is 0.266 e. The molecule has 0 amide bonds. The van der Waals surface area contributed by atoms with Gasteiger partial charge < -0.3 is 0 Å². The molecular formula is C23H20BrN3O3S. The molecular weight excluding hydrogens is 478 g/mol. The predicted molar refractivity (Wildman–Crippen MR) is 125 cm³/mol. The van der Waals surface area contributed by atoms with E-state index in [1.54, 1.807) is 73.7 Å². The van der Waals surface area contributed by atoms with Crippen molar-refractivity contribution >= 4 is 36.9 Å². The number of aromatic nitrogens is 2. The minimum absolute atomic E-state index is 0.183. The maximum absolute atomic E-state index is 13.4. The molecule has 0 bridgehead atoms. The average Bonchev–Trinajstić information content (AvgIpc) is 2.79. The number of halogens is 1. The van der Waals surface area contributed by atoms with Gasteiger partial charge in [0.25, 0.3) is 5.56 Å². The van der Waals surface area contributed by atoms with Crippen LogP contribution < -0.4 is 5.56 Å². The maximum Gasteiger partial charge on any atom is 0.266 e. The maximum atomic E-state index is 13.4. The van der Waals surface area contributed by atoms with Gasteiger partial charge in [0.05, 0.1) is 27.5 Å². The van der Waals surface area contributed by atoms with Crippen LogP contribution >= 0.6 is 15.9 Å². The minimum atomic E-state index is -3.79. The van der Waals surface area contributed by atoms with E-state index < -0.39 is 16.1 Å². The SMILES string of the molecule is CC(c1nc2ccccc2c(=O)n1-c1ccc(Br)cc1)N(C)S(=O)(=O)c1ccccc1. The summed E-state index contributed by atoms with van der Waals surface area (Å²) >= 11 is 3.41. The van der Waals surface area contributed by atoms with Crippen molar-refractivity contribution in [1.82, 2.24) is 13.9 Å². The van der Waals surface area contributed by atoms with Crippen molar-refractivity contribution in [3.8, 4) is 5.69 Å². The first-order valence-corrected chi connectivity index (χ1v) is 11.8. The van der Waals surface area contributed by atoms with E-state index in [0.717, 1.165) is 4.47 Å². The molecule has 0 spiro atoms. The molecule has 0 saturated heterocycles. The Morgan fingerprint density at radius 1 is 0.935 bits per heavy atom. The monoisotopic (exact) mass is 497 g/mol. The normalized spacial score (nSPS) is 12.9. The highest BCUT2D eigenvalue weighted by atomic mass is 79.9. The van der Waals surface area contributed by atoms with E-state index in [1.165, 1.54) is 15.9 Å². The van der Waals surface area contributed by atoms with Gasteiger partial charge in [0, 0.05) is 11.5 Å². The van der Waals surface area contributed by atoms with Gasteiger partial charge in [-0.15, -0.1) is 0 Å². The Hall–Kier alpha value is -2.81. The summed E-state index contributed by atoms with van der Waals surface area (Å²) in [6, 6.07) is 21.8. The van der Waals surface area contributed by atoms with E-state index in [4.69, 9.17) is 4.98 Å². The molecule has 1 atom stereocenters. The lowest BCUT2D eigenvalue weighted by molar-refractivity contribution is 0.379. The van der Waals surface area contributed by atoms with Gasteiger partial charge in [-0.2, -0.15) is 4.31 Å². The number of benzene rings is 3. The van der Waals surface area contributed by atoms with Crippen LogP contribution in [0.2, 0.25) is 0 Å². The van der Waals surface area contributed by atoms with Gasteiger partial charge in [-0.1, -0.05) is 46.3 Å². The predicted octanol–water partition coefficient (Wildman–Crippen LogP) is 4.53. The molecule has 1 heterocycles. The fourth-order valence-corrected chi connectivity index (χ4v) is 5.01. The summed E-state index contributed by atoms with van der Waals surface area (Å²) in [4.78, 5) is 18.3. The quantitative estimate of drug-likeness (QED) is 0.406. The third-order valence-electron chi connectivity index (χ3n) is 5.23. The van der Waals surface area contributed by atoms with Gasteiger partial charge in [-0.05, 0) is 55.5 Å². The van der Waals surface area contributed by atoms with Crippen LogP contribution in [0.15, 0.2) is 93.0 Å². The van der Waals surface area contributed by atoms with Gasteiger partial charge in [0.15, 0.2) is 0 Å². The Kier molecular flexibility index (Phi) is 5.79. The second kappa shape index (κ2) is 8.37. The Morgan fingerprint density at radius 2 is 1.55 bits per heavy atom. The second-order valence-corrected chi connectivity index (χ2v) is 10.0. The van der Waals surface area contributed by atoms with Crippen molar-refractivity contribution in [2.24, 2.45) is 0 Å². The van der Waals surface area contributed by atoms with Crippen molar-refractivity contribution in [1.29, 1.82) is 0 Å². The van der Waals surface area contributed by atoms with E-state index in [-0.39, 0.29) is 10.5 Å². The summed E-state index contributed by atoms with van der Waals surface area (Å²) < 4.78 is 30.0. The zero-order valence-corrected chi connectivity index (χ0v) is 19.3. The minimum Gasteiger partial charge on any atom is -0.268 e. The van der Waals surface area contributed by atoms with Crippen molar-refractivity contribution in [2.45, 2.75) is 17.9 Å². The van der Waals surface area contributed by atoms with Crippen LogP contribution in [0.3, 0.4) is 0 Å². The van der Waals surface area contributed by atoms with Crippen LogP contribution in [0.4, 0.5) is 0 Å². The van der Waals surface area contributed by atoms with E-state index in [9.17, 15) is 13.2 Å². The number of nitrogens with zero attached hydrogens (tertiary/aromatic N) is 3. The van der Waals surface area contributed by atoms with Crippen molar-refractivity contribution in [2.75, 3.05) is 7.05 Å². The lowest BCUT2D eigenvalue weighted by Crippen LogP contribution is -2.34. The first-order chi connectivity index (χ1) is 14.8. The third-order valence-corrected chi connectivity index (χ3v) is 7.70. The fourth-order valence-electron chi connectivity index (χ4n) is 3.40. The van der Waals surface area contributed by atoms with Crippen LogP contribution in [0, 0.1) is 0 Å². The Labute approximate surface area is 189 Å². The Bertz CT molecular complexity index is 1400.